The number of para-hydroxylation sites is 1. The Morgan fingerprint density at radius 2 is 1.52 bits per heavy atom. The molecule has 3 aromatic rings. The quantitative estimate of drug-likeness (QED) is 0.560. The van der Waals surface area contributed by atoms with E-state index < -0.39 is 0 Å². The van der Waals surface area contributed by atoms with Crippen LogP contribution in [-0.2, 0) is 16.1 Å². The fourth-order valence-corrected chi connectivity index (χ4v) is 3.73. The molecule has 3 aromatic carbocycles. The zero-order chi connectivity index (χ0) is 22.1. The van der Waals surface area contributed by atoms with Crippen LogP contribution in [-0.4, -0.2) is 23.8 Å². The van der Waals surface area contributed by atoms with Crippen LogP contribution in [0.3, 0.4) is 0 Å². The lowest BCUT2D eigenvalue weighted by molar-refractivity contribution is -0.137. The van der Waals surface area contributed by atoms with Crippen molar-refractivity contribution in [1.82, 2.24) is 4.90 Å². The monoisotopic (exact) mass is 414 g/mol. The van der Waals surface area contributed by atoms with Crippen LogP contribution >= 0.6 is 0 Å². The van der Waals surface area contributed by atoms with E-state index in [9.17, 15) is 14.0 Å². The van der Waals surface area contributed by atoms with Crippen molar-refractivity contribution >= 4 is 23.1 Å². The molecule has 4 rings (SSSR count). The van der Waals surface area contributed by atoms with Gasteiger partial charge in [0.25, 0.3) is 11.8 Å². The van der Waals surface area contributed by atoms with Crippen LogP contribution in [0.2, 0.25) is 0 Å². The van der Waals surface area contributed by atoms with E-state index in [0.29, 0.717) is 22.4 Å². The average molecular weight is 414 g/mol. The fraction of sp³-hybridized carbons (Fsp3) is 0.154. The summed E-state index contributed by atoms with van der Waals surface area (Å²) in [5, 5.41) is 0. The lowest BCUT2D eigenvalue weighted by Gasteiger charge is -2.21. The Morgan fingerprint density at radius 1 is 0.839 bits per heavy atom. The van der Waals surface area contributed by atoms with Gasteiger partial charge in [0.15, 0.2) is 0 Å². The lowest BCUT2D eigenvalue weighted by atomic mass is 9.99. The van der Waals surface area contributed by atoms with E-state index in [2.05, 4.69) is 0 Å². The fourth-order valence-electron chi connectivity index (χ4n) is 3.73. The van der Waals surface area contributed by atoms with E-state index in [-0.39, 0.29) is 24.2 Å². The van der Waals surface area contributed by atoms with Gasteiger partial charge in [-0.25, -0.2) is 4.39 Å². The highest BCUT2D eigenvalue weighted by Crippen LogP contribution is 2.34. The molecule has 156 valence electrons. The lowest BCUT2D eigenvalue weighted by Crippen LogP contribution is -2.33. The van der Waals surface area contributed by atoms with Crippen molar-refractivity contribution in [3.8, 4) is 0 Å². The third-order valence-corrected chi connectivity index (χ3v) is 5.67. The second-order valence-electron chi connectivity index (χ2n) is 7.74. The first-order valence-corrected chi connectivity index (χ1v) is 10.1. The van der Waals surface area contributed by atoms with Gasteiger partial charge in [0, 0.05) is 12.7 Å². The average Bonchev–Trinajstić information content (AvgIpc) is 3.02. The van der Waals surface area contributed by atoms with Gasteiger partial charge in [-0.3, -0.25) is 14.5 Å². The number of rotatable bonds is 5. The van der Waals surface area contributed by atoms with Crippen LogP contribution in [0.1, 0.15) is 22.3 Å². The highest BCUT2D eigenvalue weighted by molar-refractivity contribution is 6.36. The van der Waals surface area contributed by atoms with Gasteiger partial charge < -0.3 is 4.90 Å². The molecule has 0 saturated heterocycles. The molecule has 0 N–H and O–H groups in total. The van der Waals surface area contributed by atoms with E-state index >= 15 is 0 Å². The molecule has 4 nitrogen and oxygen atoms in total. The maximum atomic E-state index is 13.5. The number of likely N-dealkylation sites (N-methyl/N-ethyl adjacent to an activating group) is 1. The molecule has 2 amide bonds. The smallest absolute Gasteiger partial charge is 0.278 e. The molecule has 31 heavy (non-hydrogen) atoms. The number of imide groups is 1. The minimum atomic E-state index is -0.367. The summed E-state index contributed by atoms with van der Waals surface area (Å²) in [6.45, 7) is 4.07. The number of anilines is 1. The van der Waals surface area contributed by atoms with E-state index in [1.54, 1.807) is 24.1 Å². The molecule has 0 spiro atoms. The Balaban J connectivity index is 1.80. The zero-order valence-corrected chi connectivity index (χ0v) is 17.7. The summed E-state index contributed by atoms with van der Waals surface area (Å²) in [6, 6.07) is 21.1. The molecule has 1 heterocycles. The number of halogens is 1. The third-order valence-electron chi connectivity index (χ3n) is 5.67. The molecule has 0 radical (unpaired) electrons. The Bertz CT molecular complexity index is 1180. The third kappa shape index (κ3) is 3.87. The largest absolute Gasteiger partial charge is 0.339 e. The van der Waals surface area contributed by atoms with Crippen LogP contribution in [0.25, 0.3) is 5.57 Å². The van der Waals surface area contributed by atoms with Crippen LogP contribution < -0.4 is 4.90 Å². The Hall–Kier alpha value is -3.73. The zero-order valence-electron chi connectivity index (χ0n) is 17.7. The summed E-state index contributed by atoms with van der Waals surface area (Å²) >= 11 is 0. The minimum Gasteiger partial charge on any atom is -0.339 e. The van der Waals surface area contributed by atoms with E-state index in [1.807, 2.05) is 62.4 Å². The Kier molecular flexibility index (Phi) is 5.42. The molecule has 1 aliphatic heterocycles. The number of aryl methyl sites for hydroxylation is 2. The van der Waals surface area contributed by atoms with Crippen LogP contribution in [0, 0.1) is 19.7 Å². The molecular weight excluding hydrogens is 391 g/mol. The summed E-state index contributed by atoms with van der Waals surface area (Å²) in [7, 11) is 1.79. The number of carbonyl (C=O) groups is 2. The minimum absolute atomic E-state index is 0.0818. The van der Waals surface area contributed by atoms with Gasteiger partial charge in [0.05, 0.1) is 12.1 Å². The number of nitrogens with zero attached hydrogens (tertiary/aromatic N) is 2. The van der Waals surface area contributed by atoms with E-state index in [4.69, 9.17) is 0 Å². The highest BCUT2D eigenvalue weighted by atomic mass is 19.1. The molecule has 0 aromatic heterocycles. The summed E-state index contributed by atoms with van der Waals surface area (Å²) < 4.78 is 13.3. The van der Waals surface area contributed by atoms with Crippen molar-refractivity contribution in [2.24, 2.45) is 0 Å². The van der Waals surface area contributed by atoms with Gasteiger partial charge in [0.2, 0.25) is 0 Å². The van der Waals surface area contributed by atoms with Crippen molar-refractivity contribution in [2.75, 3.05) is 11.9 Å². The SMILES string of the molecule is Cc1ccc(C2=C(N(C)c3ccccc3)C(=O)N(Cc3ccc(F)cc3)C2=O)cc1C. The Labute approximate surface area is 181 Å². The summed E-state index contributed by atoms with van der Waals surface area (Å²) in [5.41, 5.74) is 5.07. The topological polar surface area (TPSA) is 40.6 Å². The Morgan fingerprint density at radius 3 is 2.16 bits per heavy atom. The maximum Gasteiger partial charge on any atom is 0.278 e. The van der Waals surface area contributed by atoms with Crippen LogP contribution in [0.15, 0.2) is 78.5 Å². The normalized spacial score (nSPS) is 13.9. The number of carbonyl (C=O) groups excluding carboxylic acids is 2. The van der Waals surface area contributed by atoms with Crippen molar-refractivity contribution in [3.63, 3.8) is 0 Å². The second-order valence-corrected chi connectivity index (χ2v) is 7.74. The number of amides is 2. The maximum absolute atomic E-state index is 13.5. The van der Waals surface area contributed by atoms with Crippen molar-refractivity contribution in [3.05, 3.63) is 107 Å². The second kappa shape index (κ2) is 8.19. The van der Waals surface area contributed by atoms with Crippen molar-refractivity contribution < 1.29 is 14.0 Å². The molecule has 5 heteroatoms. The van der Waals surface area contributed by atoms with Gasteiger partial charge in [-0.2, -0.15) is 0 Å². The highest BCUT2D eigenvalue weighted by Gasteiger charge is 2.41. The first kappa shape index (κ1) is 20.5. The van der Waals surface area contributed by atoms with Crippen LogP contribution in [0.5, 0.6) is 0 Å². The number of hydrogen-bond donors (Lipinski definition) is 0. The molecule has 1 aliphatic rings. The van der Waals surface area contributed by atoms with Gasteiger partial charge >= 0.3 is 0 Å². The summed E-state index contributed by atoms with van der Waals surface area (Å²) in [6.07, 6.45) is 0. The molecule has 0 fully saturated rings. The van der Waals surface area contributed by atoms with Crippen molar-refractivity contribution in [1.29, 1.82) is 0 Å². The first-order chi connectivity index (χ1) is 14.9. The van der Waals surface area contributed by atoms with E-state index in [0.717, 1.165) is 16.8 Å². The summed E-state index contributed by atoms with van der Waals surface area (Å²) in [5.74, 6) is -1.08. The first-order valence-electron chi connectivity index (χ1n) is 10.1. The molecule has 0 unspecified atom stereocenters. The molecule has 0 atom stereocenters. The van der Waals surface area contributed by atoms with Crippen LogP contribution in [0.4, 0.5) is 10.1 Å². The molecule has 0 aliphatic carbocycles. The van der Waals surface area contributed by atoms with Gasteiger partial charge in [-0.1, -0.05) is 48.5 Å². The number of hydrogen-bond acceptors (Lipinski definition) is 3. The van der Waals surface area contributed by atoms with Gasteiger partial charge in [0.1, 0.15) is 11.5 Å². The standard InChI is InChI=1S/C26H23FN2O2/c1-17-9-12-20(15-18(17)2)23-24(28(3)22-7-5-4-6-8-22)26(31)29(25(23)30)16-19-10-13-21(27)14-11-19/h4-15H,16H2,1-3H3. The number of benzene rings is 3. The van der Waals surface area contributed by atoms with Gasteiger partial charge in [-0.15, -0.1) is 0 Å². The molecule has 0 saturated carbocycles. The molecule has 0 bridgehead atoms. The van der Waals surface area contributed by atoms with E-state index in [1.165, 1.54) is 17.0 Å². The summed E-state index contributed by atoms with van der Waals surface area (Å²) in [4.78, 5) is 29.9. The van der Waals surface area contributed by atoms with Crippen molar-refractivity contribution in [2.45, 2.75) is 20.4 Å². The predicted molar refractivity (Wildman–Crippen MR) is 120 cm³/mol. The predicted octanol–water partition coefficient (Wildman–Crippen LogP) is 4.86. The van der Waals surface area contributed by atoms with Gasteiger partial charge in [-0.05, 0) is 60.4 Å². The molecular formula is C26H23FN2O2.